The molecule has 0 saturated carbocycles. The highest BCUT2D eigenvalue weighted by Gasteiger charge is 2.24. The van der Waals surface area contributed by atoms with Crippen molar-refractivity contribution in [1.29, 1.82) is 0 Å². The van der Waals surface area contributed by atoms with Gasteiger partial charge in [0.2, 0.25) is 5.91 Å². The van der Waals surface area contributed by atoms with E-state index in [0.29, 0.717) is 11.8 Å². The number of aromatic nitrogens is 4. The molecule has 0 aliphatic heterocycles. The van der Waals surface area contributed by atoms with Gasteiger partial charge in [-0.2, -0.15) is 0 Å². The van der Waals surface area contributed by atoms with Crippen molar-refractivity contribution in [3.63, 3.8) is 0 Å². The summed E-state index contributed by atoms with van der Waals surface area (Å²) in [4.78, 5) is 14.7. The van der Waals surface area contributed by atoms with Crippen molar-refractivity contribution in [1.82, 2.24) is 25.1 Å². The SMILES string of the molecule is CC(C)CCN(CCC(C)C)C(=O)Cn1nnnc1C(C)(C)C. The van der Waals surface area contributed by atoms with Crippen molar-refractivity contribution in [2.24, 2.45) is 11.8 Å². The van der Waals surface area contributed by atoms with E-state index in [1.807, 2.05) is 4.90 Å². The van der Waals surface area contributed by atoms with Gasteiger partial charge >= 0.3 is 0 Å². The third-order valence-corrected chi connectivity index (χ3v) is 3.79. The van der Waals surface area contributed by atoms with E-state index in [1.54, 1.807) is 4.68 Å². The van der Waals surface area contributed by atoms with Gasteiger partial charge in [0.25, 0.3) is 0 Å². The topological polar surface area (TPSA) is 63.9 Å². The van der Waals surface area contributed by atoms with E-state index in [9.17, 15) is 4.79 Å². The first-order valence-electron chi connectivity index (χ1n) is 8.65. The molecule has 0 fully saturated rings. The molecule has 0 atom stereocenters. The molecule has 0 saturated heterocycles. The molecule has 1 heterocycles. The zero-order valence-corrected chi connectivity index (χ0v) is 15.8. The molecule has 0 spiro atoms. The van der Waals surface area contributed by atoms with Crippen molar-refractivity contribution in [2.45, 2.75) is 73.3 Å². The normalized spacial score (nSPS) is 12.2. The van der Waals surface area contributed by atoms with Crippen LogP contribution in [0.1, 0.15) is 67.1 Å². The smallest absolute Gasteiger partial charge is 0.244 e. The zero-order chi connectivity index (χ0) is 17.6. The van der Waals surface area contributed by atoms with E-state index < -0.39 is 0 Å². The summed E-state index contributed by atoms with van der Waals surface area (Å²) in [7, 11) is 0. The number of tetrazole rings is 1. The first-order chi connectivity index (χ1) is 10.6. The van der Waals surface area contributed by atoms with Crippen LogP contribution in [0.3, 0.4) is 0 Å². The molecule has 132 valence electrons. The molecule has 0 unspecified atom stereocenters. The van der Waals surface area contributed by atoms with E-state index in [4.69, 9.17) is 0 Å². The second-order valence-corrected chi connectivity index (χ2v) is 8.16. The highest BCUT2D eigenvalue weighted by molar-refractivity contribution is 5.75. The Morgan fingerprint density at radius 2 is 1.61 bits per heavy atom. The molecular formula is C17H33N5O. The van der Waals surface area contributed by atoms with Gasteiger partial charge in [-0.25, -0.2) is 4.68 Å². The summed E-state index contributed by atoms with van der Waals surface area (Å²) in [5.41, 5.74) is -0.176. The van der Waals surface area contributed by atoms with Crippen LogP contribution < -0.4 is 0 Å². The standard InChI is InChI=1S/C17H33N5O/c1-13(2)8-10-21(11-9-14(3)4)15(23)12-22-16(17(5,6)7)18-19-20-22/h13-14H,8-12H2,1-7H3. The van der Waals surface area contributed by atoms with Crippen LogP contribution >= 0.6 is 0 Å². The first-order valence-corrected chi connectivity index (χ1v) is 8.65. The minimum atomic E-state index is -0.176. The third kappa shape index (κ3) is 6.67. The van der Waals surface area contributed by atoms with E-state index >= 15 is 0 Å². The average Bonchev–Trinajstić information content (AvgIpc) is 2.85. The minimum absolute atomic E-state index is 0.101. The Bertz CT molecular complexity index is 475. The van der Waals surface area contributed by atoms with Crippen LogP contribution in [0.4, 0.5) is 0 Å². The molecule has 1 aromatic rings. The zero-order valence-electron chi connectivity index (χ0n) is 15.8. The summed E-state index contributed by atoms with van der Waals surface area (Å²) in [6.07, 6.45) is 2.04. The summed E-state index contributed by atoms with van der Waals surface area (Å²) in [5.74, 6) is 2.02. The Balaban J connectivity index is 2.78. The summed E-state index contributed by atoms with van der Waals surface area (Å²) in [6.45, 7) is 16.7. The summed E-state index contributed by atoms with van der Waals surface area (Å²) < 4.78 is 1.64. The number of rotatable bonds is 8. The highest BCUT2D eigenvalue weighted by atomic mass is 16.2. The van der Waals surface area contributed by atoms with E-state index in [-0.39, 0.29) is 17.9 Å². The van der Waals surface area contributed by atoms with Gasteiger partial charge in [0.05, 0.1) is 0 Å². The summed E-state index contributed by atoms with van der Waals surface area (Å²) in [5, 5.41) is 11.8. The van der Waals surface area contributed by atoms with Crippen molar-refractivity contribution < 1.29 is 4.79 Å². The Hall–Kier alpha value is -1.46. The van der Waals surface area contributed by atoms with E-state index in [0.717, 1.165) is 31.8 Å². The number of hydrogen-bond donors (Lipinski definition) is 0. The van der Waals surface area contributed by atoms with Crippen molar-refractivity contribution in [3.05, 3.63) is 5.82 Å². The number of nitrogens with zero attached hydrogens (tertiary/aromatic N) is 5. The van der Waals surface area contributed by atoms with Crippen LogP contribution in [0.2, 0.25) is 0 Å². The lowest BCUT2D eigenvalue weighted by molar-refractivity contribution is -0.132. The summed E-state index contributed by atoms with van der Waals surface area (Å²) >= 11 is 0. The van der Waals surface area contributed by atoms with Gasteiger partial charge in [0.15, 0.2) is 5.82 Å². The lowest BCUT2D eigenvalue weighted by Gasteiger charge is -2.25. The third-order valence-electron chi connectivity index (χ3n) is 3.79. The Morgan fingerprint density at radius 3 is 2.04 bits per heavy atom. The van der Waals surface area contributed by atoms with Gasteiger partial charge in [-0.1, -0.05) is 48.5 Å². The maximum atomic E-state index is 12.7. The fraction of sp³-hybridized carbons (Fsp3) is 0.882. The van der Waals surface area contributed by atoms with Gasteiger partial charge in [-0.15, -0.1) is 5.10 Å². The molecule has 0 aliphatic carbocycles. The lowest BCUT2D eigenvalue weighted by Crippen LogP contribution is -2.37. The molecule has 6 heteroatoms. The van der Waals surface area contributed by atoms with Gasteiger partial charge in [-0.3, -0.25) is 4.79 Å². The molecule has 0 aromatic carbocycles. The Kier molecular flexibility index (Phi) is 7.16. The van der Waals surface area contributed by atoms with E-state index in [2.05, 4.69) is 64.0 Å². The number of carbonyl (C=O) groups is 1. The second-order valence-electron chi connectivity index (χ2n) is 8.16. The van der Waals surface area contributed by atoms with Crippen LogP contribution in [0.5, 0.6) is 0 Å². The number of hydrogen-bond acceptors (Lipinski definition) is 4. The molecule has 23 heavy (non-hydrogen) atoms. The predicted molar refractivity (Wildman–Crippen MR) is 92.0 cm³/mol. The fourth-order valence-corrected chi connectivity index (χ4v) is 2.27. The van der Waals surface area contributed by atoms with Crippen LogP contribution in [0.25, 0.3) is 0 Å². The first kappa shape index (κ1) is 19.6. The predicted octanol–water partition coefficient (Wildman–Crippen LogP) is 2.89. The maximum absolute atomic E-state index is 12.7. The summed E-state index contributed by atoms with van der Waals surface area (Å²) in [6, 6.07) is 0. The second kappa shape index (κ2) is 8.41. The average molecular weight is 323 g/mol. The van der Waals surface area contributed by atoms with Crippen LogP contribution in [0, 0.1) is 11.8 Å². The largest absolute Gasteiger partial charge is 0.341 e. The molecule has 0 radical (unpaired) electrons. The maximum Gasteiger partial charge on any atom is 0.244 e. The molecule has 1 amide bonds. The van der Waals surface area contributed by atoms with Crippen molar-refractivity contribution in [2.75, 3.05) is 13.1 Å². The Labute approximate surface area is 140 Å². The Morgan fingerprint density at radius 1 is 1.09 bits per heavy atom. The van der Waals surface area contributed by atoms with Crippen LogP contribution in [-0.4, -0.2) is 44.1 Å². The van der Waals surface area contributed by atoms with Crippen LogP contribution in [-0.2, 0) is 16.8 Å². The molecule has 0 N–H and O–H groups in total. The number of amides is 1. The quantitative estimate of drug-likeness (QED) is 0.738. The molecule has 6 nitrogen and oxygen atoms in total. The lowest BCUT2D eigenvalue weighted by atomic mass is 9.96. The van der Waals surface area contributed by atoms with Crippen LogP contribution in [0.15, 0.2) is 0 Å². The molecule has 1 aromatic heterocycles. The van der Waals surface area contributed by atoms with Crippen molar-refractivity contribution in [3.8, 4) is 0 Å². The van der Waals surface area contributed by atoms with Crippen molar-refractivity contribution >= 4 is 5.91 Å². The van der Waals surface area contributed by atoms with Gasteiger partial charge in [-0.05, 0) is 35.1 Å². The molecule has 1 rings (SSSR count). The van der Waals surface area contributed by atoms with Gasteiger partial charge in [0.1, 0.15) is 6.54 Å². The monoisotopic (exact) mass is 323 g/mol. The van der Waals surface area contributed by atoms with Gasteiger partial charge in [0, 0.05) is 18.5 Å². The highest BCUT2D eigenvalue weighted by Crippen LogP contribution is 2.18. The molecule has 0 bridgehead atoms. The molecule has 0 aliphatic rings. The minimum Gasteiger partial charge on any atom is -0.341 e. The van der Waals surface area contributed by atoms with Gasteiger partial charge < -0.3 is 4.90 Å². The number of carbonyl (C=O) groups excluding carboxylic acids is 1. The molecular weight excluding hydrogens is 290 g/mol. The van der Waals surface area contributed by atoms with E-state index in [1.165, 1.54) is 0 Å². The fourth-order valence-electron chi connectivity index (χ4n) is 2.27.